The maximum atomic E-state index is 13.5. The average Bonchev–Trinajstić information content (AvgIpc) is 2.91. The van der Waals surface area contributed by atoms with Crippen LogP contribution in [0.3, 0.4) is 0 Å². The molecule has 3 aromatic rings. The number of rotatable bonds is 15. The molecule has 0 aliphatic heterocycles. The lowest BCUT2D eigenvalue weighted by atomic mass is 10.1. The Balaban J connectivity index is 1.93. The standard InChI is InChI=1S/C29H39NO6/c1-6-8-15-30(16-9-7-2)17-12-18-35-29-26(31)22-13-10-11-14-23(22)36-27(29)21-19-24(32-3)28(34-5)25(20-21)33-4/h10-11,13-14,19-20H,6-9,12,15-18H2,1-5H3. The third-order valence-corrected chi connectivity index (χ3v) is 6.20. The molecule has 3 rings (SSSR count). The van der Waals surface area contributed by atoms with E-state index in [0.29, 0.717) is 46.1 Å². The lowest BCUT2D eigenvalue weighted by molar-refractivity contribution is 0.227. The third kappa shape index (κ3) is 6.52. The molecule has 7 nitrogen and oxygen atoms in total. The zero-order chi connectivity index (χ0) is 25.9. The average molecular weight is 498 g/mol. The van der Waals surface area contributed by atoms with Gasteiger partial charge in [-0.2, -0.15) is 0 Å². The van der Waals surface area contributed by atoms with E-state index in [9.17, 15) is 4.79 Å². The predicted molar refractivity (Wildman–Crippen MR) is 144 cm³/mol. The van der Waals surface area contributed by atoms with Crippen molar-refractivity contribution in [1.82, 2.24) is 4.90 Å². The number of methoxy groups -OCH3 is 3. The number of para-hydroxylation sites is 1. The Morgan fingerprint density at radius 1 is 0.806 bits per heavy atom. The first-order chi connectivity index (χ1) is 17.6. The lowest BCUT2D eigenvalue weighted by Gasteiger charge is -2.22. The van der Waals surface area contributed by atoms with Crippen LogP contribution in [0.1, 0.15) is 46.0 Å². The summed E-state index contributed by atoms with van der Waals surface area (Å²) >= 11 is 0. The van der Waals surface area contributed by atoms with Crippen LogP contribution in [-0.2, 0) is 0 Å². The predicted octanol–water partition coefficient (Wildman–Crippen LogP) is 6.16. The van der Waals surface area contributed by atoms with Crippen molar-refractivity contribution in [3.8, 4) is 34.3 Å². The summed E-state index contributed by atoms with van der Waals surface area (Å²) in [6, 6.07) is 10.7. The molecule has 0 fully saturated rings. The molecular formula is C29H39NO6. The van der Waals surface area contributed by atoms with E-state index < -0.39 is 0 Å². The number of benzene rings is 2. The highest BCUT2D eigenvalue weighted by atomic mass is 16.5. The van der Waals surface area contributed by atoms with Gasteiger partial charge in [-0.1, -0.05) is 38.8 Å². The summed E-state index contributed by atoms with van der Waals surface area (Å²) in [4.78, 5) is 16.0. The minimum atomic E-state index is -0.200. The summed E-state index contributed by atoms with van der Waals surface area (Å²) in [6.07, 6.45) is 5.54. The highest BCUT2D eigenvalue weighted by Crippen LogP contribution is 2.43. The second-order valence-corrected chi connectivity index (χ2v) is 8.75. The molecule has 0 unspecified atom stereocenters. The van der Waals surface area contributed by atoms with Gasteiger partial charge in [0.05, 0.1) is 33.3 Å². The van der Waals surface area contributed by atoms with Gasteiger partial charge in [-0.3, -0.25) is 4.79 Å². The van der Waals surface area contributed by atoms with Gasteiger partial charge in [0.25, 0.3) is 0 Å². The molecule has 0 spiro atoms. The highest BCUT2D eigenvalue weighted by molar-refractivity contribution is 5.82. The second kappa shape index (κ2) is 13.8. The Bertz CT molecular complexity index is 1140. The Labute approximate surface area is 213 Å². The van der Waals surface area contributed by atoms with Crippen molar-refractivity contribution in [2.45, 2.75) is 46.0 Å². The number of nitrogens with zero attached hydrogens (tertiary/aromatic N) is 1. The van der Waals surface area contributed by atoms with E-state index in [2.05, 4.69) is 18.7 Å². The van der Waals surface area contributed by atoms with Gasteiger partial charge in [0.1, 0.15) is 5.58 Å². The Morgan fingerprint density at radius 3 is 2.00 bits per heavy atom. The van der Waals surface area contributed by atoms with Crippen molar-refractivity contribution in [3.63, 3.8) is 0 Å². The summed E-state index contributed by atoms with van der Waals surface area (Å²) in [5.41, 5.74) is 0.896. The van der Waals surface area contributed by atoms with Crippen LogP contribution < -0.4 is 24.4 Å². The minimum absolute atomic E-state index is 0.191. The summed E-state index contributed by atoms with van der Waals surface area (Å²) in [5, 5.41) is 0.483. The summed E-state index contributed by atoms with van der Waals surface area (Å²) in [7, 11) is 4.66. The van der Waals surface area contributed by atoms with Crippen LogP contribution >= 0.6 is 0 Å². The largest absolute Gasteiger partial charge is 0.493 e. The molecule has 1 heterocycles. The van der Waals surface area contributed by atoms with Crippen molar-refractivity contribution >= 4 is 11.0 Å². The van der Waals surface area contributed by atoms with E-state index >= 15 is 0 Å². The van der Waals surface area contributed by atoms with Crippen molar-refractivity contribution in [2.75, 3.05) is 47.6 Å². The Hall–Kier alpha value is -3.19. The molecule has 7 heteroatoms. The van der Waals surface area contributed by atoms with Crippen LogP contribution in [0.15, 0.2) is 45.6 Å². The molecule has 0 amide bonds. The fraction of sp³-hybridized carbons (Fsp3) is 0.483. The molecule has 0 N–H and O–H groups in total. The first kappa shape index (κ1) is 27.4. The van der Waals surface area contributed by atoms with Gasteiger partial charge in [0.2, 0.25) is 16.9 Å². The van der Waals surface area contributed by atoms with Gasteiger partial charge >= 0.3 is 0 Å². The number of unbranched alkanes of at least 4 members (excludes halogenated alkanes) is 2. The summed E-state index contributed by atoms with van der Waals surface area (Å²) in [6.45, 7) is 7.94. The number of hydrogen-bond acceptors (Lipinski definition) is 7. The van der Waals surface area contributed by atoms with E-state index in [-0.39, 0.29) is 11.2 Å². The Kier molecular flexibility index (Phi) is 10.5. The minimum Gasteiger partial charge on any atom is -0.493 e. The molecule has 0 atom stereocenters. The summed E-state index contributed by atoms with van der Waals surface area (Å²) < 4.78 is 28.9. The second-order valence-electron chi connectivity index (χ2n) is 8.75. The third-order valence-electron chi connectivity index (χ3n) is 6.20. The van der Waals surface area contributed by atoms with Crippen molar-refractivity contribution in [1.29, 1.82) is 0 Å². The fourth-order valence-electron chi connectivity index (χ4n) is 4.22. The van der Waals surface area contributed by atoms with Crippen LogP contribution in [0.5, 0.6) is 23.0 Å². The normalized spacial score (nSPS) is 11.2. The van der Waals surface area contributed by atoms with Crippen LogP contribution in [0, 0.1) is 0 Å². The van der Waals surface area contributed by atoms with Gasteiger partial charge in [0.15, 0.2) is 17.3 Å². The Morgan fingerprint density at radius 2 is 1.42 bits per heavy atom. The molecule has 0 saturated carbocycles. The van der Waals surface area contributed by atoms with Gasteiger partial charge in [-0.05, 0) is 56.6 Å². The van der Waals surface area contributed by atoms with Crippen molar-refractivity contribution < 1.29 is 23.4 Å². The molecule has 2 aromatic carbocycles. The molecule has 0 aliphatic carbocycles. The van der Waals surface area contributed by atoms with Crippen LogP contribution in [0.2, 0.25) is 0 Å². The van der Waals surface area contributed by atoms with E-state index in [0.717, 1.165) is 26.1 Å². The maximum absolute atomic E-state index is 13.5. The smallest absolute Gasteiger partial charge is 0.235 e. The zero-order valence-corrected chi connectivity index (χ0v) is 22.2. The van der Waals surface area contributed by atoms with Gasteiger partial charge in [-0.15, -0.1) is 0 Å². The van der Waals surface area contributed by atoms with E-state index in [1.165, 1.54) is 25.7 Å². The molecular weight excluding hydrogens is 458 g/mol. The SMILES string of the molecule is CCCCN(CCCC)CCCOc1c(-c2cc(OC)c(OC)c(OC)c2)oc2ccccc2c1=O. The number of fused-ring (bicyclic) bond motifs is 1. The molecule has 0 bridgehead atoms. The highest BCUT2D eigenvalue weighted by Gasteiger charge is 2.22. The molecule has 36 heavy (non-hydrogen) atoms. The van der Waals surface area contributed by atoms with Crippen LogP contribution in [-0.4, -0.2) is 52.5 Å². The monoisotopic (exact) mass is 497 g/mol. The quantitative estimate of drug-likeness (QED) is 0.233. The zero-order valence-electron chi connectivity index (χ0n) is 22.2. The first-order valence-corrected chi connectivity index (χ1v) is 12.8. The molecule has 1 aromatic heterocycles. The van der Waals surface area contributed by atoms with Crippen LogP contribution in [0.25, 0.3) is 22.3 Å². The van der Waals surface area contributed by atoms with Crippen molar-refractivity contribution in [2.24, 2.45) is 0 Å². The van der Waals surface area contributed by atoms with Gasteiger partial charge < -0.3 is 28.3 Å². The number of hydrogen-bond donors (Lipinski definition) is 0. The van der Waals surface area contributed by atoms with Crippen molar-refractivity contribution in [3.05, 3.63) is 46.6 Å². The molecule has 0 saturated heterocycles. The lowest BCUT2D eigenvalue weighted by Crippen LogP contribution is -2.28. The molecule has 0 aliphatic rings. The van der Waals surface area contributed by atoms with Gasteiger partial charge in [-0.25, -0.2) is 0 Å². The first-order valence-electron chi connectivity index (χ1n) is 12.8. The van der Waals surface area contributed by atoms with Crippen LogP contribution in [0.4, 0.5) is 0 Å². The molecule has 0 radical (unpaired) electrons. The van der Waals surface area contributed by atoms with E-state index in [4.69, 9.17) is 23.4 Å². The maximum Gasteiger partial charge on any atom is 0.235 e. The molecule has 196 valence electrons. The topological polar surface area (TPSA) is 70.4 Å². The van der Waals surface area contributed by atoms with E-state index in [1.54, 1.807) is 45.6 Å². The number of ether oxygens (including phenoxy) is 4. The van der Waals surface area contributed by atoms with Gasteiger partial charge in [0, 0.05) is 12.1 Å². The fourth-order valence-corrected chi connectivity index (χ4v) is 4.22. The van der Waals surface area contributed by atoms with E-state index in [1.807, 2.05) is 12.1 Å². The summed E-state index contributed by atoms with van der Waals surface area (Å²) in [5.74, 6) is 1.93.